The van der Waals surface area contributed by atoms with Crippen LogP contribution in [0, 0.1) is 0 Å². The van der Waals surface area contributed by atoms with Gasteiger partial charge in [0.25, 0.3) is 0 Å². The van der Waals surface area contributed by atoms with Crippen LogP contribution in [0.4, 0.5) is 0 Å². The molecule has 0 saturated carbocycles. The molecule has 0 aliphatic heterocycles. The first-order valence-electron chi connectivity index (χ1n) is 6.47. The van der Waals surface area contributed by atoms with E-state index in [4.69, 9.17) is 4.42 Å². The van der Waals surface area contributed by atoms with E-state index in [0.29, 0.717) is 5.50 Å². The van der Waals surface area contributed by atoms with Gasteiger partial charge in [-0.2, -0.15) is 0 Å². The molecule has 0 spiro atoms. The van der Waals surface area contributed by atoms with Gasteiger partial charge >= 0.3 is 29.6 Å². The molecule has 0 radical (unpaired) electrons. The SMILES string of the molecule is O=C([O-])c1ccc(P(c2ccccc2)c2ccccc2)o1.[Na+]. The van der Waals surface area contributed by atoms with Gasteiger partial charge in [0, 0.05) is 7.92 Å². The Balaban J connectivity index is 0.00000176. The molecule has 3 rings (SSSR count). The van der Waals surface area contributed by atoms with E-state index in [1.54, 1.807) is 6.07 Å². The minimum atomic E-state index is -1.29. The summed E-state index contributed by atoms with van der Waals surface area (Å²) in [7, 11) is -0.908. The molecule has 104 valence electrons. The summed E-state index contributed by atoms with van der Waals surface area (Å²) in [5.74, 6) is -1.43. The van der Waals surface area contributed by atoms with E-state index < -0.39 is 13.9 Å². The molecule has 0 amide bonds. The third-order valence-electron chi connectivity index (χ3n) is 3.04. The van der Waals surface area contributed by atoms with Crippen molar-refractivity contribution in [3.8, 4) is 0 Å². The van der Waals surface area contributed by atoms with Crippen molar-refractivity contribution in [1.82, 2.24) is 0 Å². The van der Waals surface area contributed by atoms with E-state index in [-0.39, 0.29) is 35.3 Å². The summed E-state index contributed by atoms with van der Waals surface area (Å²) in [6.07, 6.45) is 0. The molecule has 0 aliphatic rings. The number of hydrogen-bond donors (Lipinski definition) is 0. The van der Waals surface area contributed by atoms with E-state index in [2.05, 4.69) is 0 Å². The minimum Gasteiger partial charge on any atom is -0.542 e. The zero-order valence-electron chi connectivity index (χ0n) is 12.1. The summed E-state index contributed by atoms with van der Waals surface area (Å²) in [5.41, 5.74) is 0.654. The van der Waals surface area contributed by atoms with Crippen LogP contribution in [0.3, 0.4) is 0 Å². The van der Waals surface area contributed by atoms with Crippen LogP contribution in [0.15, 0.2) is 77.2 Å². The van der Waals surface area contributed by atoms with Gasteiger partial charge in [-0.1, -0.05) is 60.7 Å². The van der Waals surface area contributed by atoms with Gasteiger partial charge in [-0.05, 0) is 22.7 Å². The molecule has 0 atom stereocenters. The van der Waals surface area contributed by atoms with E-state index in [0.717, 1.165) is 10.6 Å². The van der Waals surface area contributed by atoms with Crippen molar-refractivity contribution in [1.29, 1.82) is 0 Å². The first-order chi connectivity index (χ1) is 10.3. The van der Waals surface area contributed by atoms with Crippen molar-refractivity contribution in [2.24, 2.45) is 0 Å². The van der Waals surface area contributed by atoms with E-state index in [1.165, 1.54) is 6.07 Å². The fraction of sp³-hybridized carbons (Fsp3) is 0. The molecule has 0 N–H and O–H groups in total. The van der Waals surface area contributed by atoms with Crippen LogP contribution in [-0.4, -0.2) is 5.97 Å². The molecule has 0 unspecified atom stereocenters. The Hall–Kier alpha value is -1.38. The Morgan fingerprint density at radius 3 is 1.73 bits per heavy atom. The second-order valence-electron chi connectivity index (χ2n) is 4.43. The average molecular weight is 318 g/mol. The van der Waals surface area contributed by atoms with Gasteiger partial charge in [0.15, 0.2) is 0 Å². The Morgan fingerprint density at radius 2 is 1.32 bits per heavy atom. The fourth-order valence-electron chi connectivity index (χ4n) is 2.12. The molecule has 1 aromatic heterocycles. The van der Waals surface area contributed by atoms with Crippen LogP contribution < -0.4 is 50.8 Å². The second-order valence-corrected chi connectivity index (χ2v) is 6.58. The van der Waals surface area contributed by atoms with Crippen LogP contribution in [0.5, 0.6) is 0 Å². The number of aromatic carboxylic acids is 1. The Bertz CT molecular complexity index is 701. The first kappa shape index (κ1) is 17.0. The minimum absolute atomic E-state index is 0. The van der Waals surface area contributed by atoms with Crippen molar-refractivity contribution in [3.63, 3.8) is 0 Å². The van der Waals surface area contributed by atoms with Gasteiger partial charge < -0.3 is 14.3 Å². The molecular formula is C17H12NaO3P. The summed E-state index contributed by atoms with van der Waals surface area (Å²) >= 11 is 0. The van der Waals surface area contributed by atoms with Crippen molar-refractivity contribution in [3.05, 3.63) is 78.6 Å². The predicted octanol–water partition coefficient (Wildman–Crippen LogP) is -1.59. The Labute approximate surface area is 152 Å². The number of carbonyl (C=O) groups is 1. The van der Waals surface area contributed by atoms with Crippen molar-refractivity contribution in [2.45, 2.75) is 0 Å². The monoisotopic (exact) mass is 318 g/mol. The van der Waals surface area contributed by atoms with Gasteiger partial charge in [-0.25, -0.2) is 0 Å². The predicted molar refractivity (Wildman–Crippen MR) is 81.7 cm³/mol. The molecule has 22 heavy (non-hydrogen) atoms. The molecule has 3 nitrogen and oxygen atoms in total. The maximum absolute atomic E-state index is 10.9. The molecule has 0 saturated heterocycles. The number of rotatable bonds is 4. The molecular weight excluding hydrogens is 306 g/mol. The number of furan rings is 1. The van der Waals surface area contributed by atoms with Crippen LogP contribution in [-0.2, 0) is 0 Å². The van der Waals surface area contributed by atoms with Crippen LogP contribution in [0.2, 0.25) is 0 Å². The Kier molecular flexibility index (Phi) is 5.98. The second kappa shape index (κ2) is 7.75. The average Bonchev–Trinajstić information content (AvgIpc) is 3.00. The molecule has 0 fully saturated rings. The zero-order chi connectivity index (χ0) is 14.7. The van der Waals surface area contributed by atoms with Gasteiger partial charge in [0.1, 0.15) is 17.2 Å². The van der Waals surface area contributed by atoms with E-state index in [1.807, 2.05) is 60.7 Å². The molecule has 3 aromatic rings. The van der Waals surface area contributed by atoms with Crippen LogP contribution >= 0.6 is 7.92 Å². The van der Waals surface area contributed by atoms with Crippen molar-refractivity contribution < 1.29 is 43.9 Å². The number of benzene rings is 2. The normalized spacial score (nSPS) is 10.2. The quantitative estimate of drug-likeness (QED) is 0.430. The third kappa shape index (κ3) is 3.68. The number of carboxylic acids is 1. The molecule has 0 aliphatic carbocycles. The fourth-order valence-corrected chi connectivity index (χ4v) is 4.28. The summed E-state index contributed by atoms with van der Waals surface area (Å²) in [4.78, 5) is 10.9. The number of carboxylic acid groups (broad SMARTS) is 1. The number of hydrogen-bond acceptors (Lipinski definition) is 3. The summed E-state index contributed by atoms with van der Waals surface area (Å²) < 4.78 is 5.48. The van der Waals surface area contributed by atoms with Crippen LogP contribution in [0.25, 0.3) is 0 Å². The molecule has 2 aromatic carbocycles. The molecule has 0 bridgehead atoms. The zero-order valence-corrected chi connectivity index (χ0v) is 15.0. The third-order valence-corrected chi connectivity index (χ3v) is 5.35. The maximum atomic E-state index is 10.9. The van der Waals surface area contributed by atoms with E-state index >= 15 is 0 Å². The Morgan fingerprint density at radius 1 is 0.818 bits per heavy atom. The van der Waals surface area contributed by atoms with Crippen LogP contribution in [0.1, 0.15) is 10.6 Å². The summed E-state index contributed by atoms with van der Waals surface area (Å²) in [6.45, 7) is 0. The maximum Gasteiger partial charge on any atom is 1.00 e. The first-order valence-corrected chi connectivity index (χ1v) is 7.81. The standard InChI is InChI=1S/C17H13O3P.Na/c18-17(19)15-11-12-16(20-15)21(13-7-3-1-4-8-13)14-9-5-2-6-10-14;/h1-12H,(H,18,19);/q;+1/p-1. The molecule has 1 heterocycles. The van der Waals surface area contributed by atoms with Gasteiger partial charge in [0.2, 0.25) is 0 Å². The number of carbonyl (C=O) groups excluding carboxylic acids is 1. The van der Waals surface area contributed by atoms with Gasteiger partial charge in [-0.15, -0.1) is 0 Å². The van der Waals surface area contributed by atoms with Crippen molar-refractivity contribution >= 4 is 30.0 Å². The van der Waals surface area contributed by atoms with Crippen molar-refractivity contribution in [2.75, 3.05) is 0 Å². The smallest absolute Gasteiger partial charge is 0.542 e. The molecule has 5 heteroatoms. The topological polar surface area (TPSA) is 53.3 Å². The van der Waals surface area contributed by atoms with E-state index in [9.17, 15) is 9.90 Å². The summed E-state index contributed by atoms with van der Waals surface area (Å²) in [5, 5.41) is 13.1. The summed E-state index contributed by atoms with van der Waals surface area (Å²) in [6, 6.07) is 23.1. The van der Waals surface area contributed by atoms with Gasteiger partial charge in [-0.3, -0.25) is 0 Å². The largest absolute Gasteiger partial charge is 1.00 e. The van der Waals surface area contributed by atoms with Gasteiger partial charge in [0.05, 0.1) is 0 Å².